The van der Waals surface area contributed by atoms with Crippen LogP contribution in [0.15, 0.2) is 48.5 Å². The van der Waals surface area contributed by atoms with E-state index in [0.717, 1.165) is 17.8 Å². The first-order valence-electron chi connectivity index (χ1n) is 9.39. The monoisotopic (exact) mass is 438 g/mol. The van der Waals surface area contributed by atoms with Gasteiger partial charge in [0, 0.05) is 31.0 Å². The molecular formula is C21H27FN2O3S2. The number of nitrogens with one attached hydrogen (secondary N) is 1. The van der Waals surface area contributed by atoms with Crippen LogP contribution in [0.3, 0.4) is 0 Å². The van der Waals surface area contributed by atoms with Crippen molar-refractivity contribution in [2.24, 2.45) is 0 Å². The van der Waals surface area contributed by atoms with E-state index in [-0.39, 0.29) is 18.9 Å². The van der Waals surface area contributed by atoms with E-state index in [1.165, 1.54) is 39.7 Å². The van der Waals surface area contributed by atoms with Crippen LogP contribution in [0, 0.1) is 12.7 Å². The summed E-state index contributed by atoms with van der Waals surface area (Å²) < 4.78 is 38.3. The van der Waals surface area contributed by atoms with Crippen LogP contribution in [0.1, 0.15) is 24.0 Å². The molecule has 1 amide bonds. The third kappa shape index (κ3) is 8.45. The highest BCUT2D eigenvalue weighted by Gasteiger charge is 2.17. The number of carbonyl (C=O) groups is 1. The fourth-order valence-electron chi connectivity index (χ4n) is 2.70. The van der Waals surface area contributed by atoms with E-state index >= 15 is 0 Å². The molecular weight excluding hydrogens is 411 g/mol. The molecule has 0 spiro atoms. The van der Waals surface area contributed by atoms with Gasteiger partial charge < -0.3 is 5.32 Å². The van der Waals surface area contributed by atoms with Crippen LogP contribution in [0.25, 0.3) is 0 Å². The lowest BCUT2D eigenvalue weighted by atomic mass is 10.2. The first-order chi connectivity index (χ1) is 13.8. The number of thioether (sulfide) groups is 1. The van der Waals surface area contributed by atoms with Gasteiger partial charge in [0.15, 0.2) is 0 Å². The molecule has 0 fully saturated rings. The fourth-order valence-corrected chi connectivity index (χ4v) is 4.49. The number of aryl methyl sites for hydroxylation is 1. The van der Waals surface area contributed by atoms with Crippen LogP contribution < -0.4 is 9.62 Å². The van der Waals surface area contributed by atoms with Gasteiger partial charge in [0.05, 0.1) is 11.9 Å². The third-order valence-electron chi connectivity index (χ3n) is 4.24. The van der Waals surface area contributed by atoms with Crippen molar-refractivity contribution in [3.8, 4) is 0 Å². The number of hydrogen-bond donors (Lipinski definition) is 1. The standard InChI is InChI=1S/C21H27FN2O3S2/c1-17-5-7-18(8-6-17)16-28-15-13-23-21(25)4-3-14-24(29(2,26)27)20-11-9-19(22)10-12-20/h5-12H,3-4,13-16H2,1-2H3,(H,23,25). The van der Waals surface area contributed by atoms with Crippen molar-refractivity contribution in [3.05, 3.63) is 65.5 Å². The van der Waals surface area contributed by atoms with Crippen molar-refractivity contribution >= 4 is 33.4 Å². The van der Waals surface area contributed by atoms with Gasteiger partial charge in [-0.1, -0.05) is 29.8 Å². The van der Waals surface area contributed by atoms with Crippen molar-refractivity contribution in [2.45, 2.75) is 25.5 Å². The predicted molar refractivity (Wildman–Crippen MR) is 118 cm³/mol. The molecule has 0 bridgehead atoms. The minimum Gasteiger partial charge on any atom is -0.355 e. The molecule has 0 saturated carbocycles. The Bertz CT molecular complexity index is 885. The molecule has 8 heteroatoms. The molecule has 2 rings (SSSR count). The lowest BCUT2D eigenvalue weighted by Gasteiger charge is -2.22. The van der Waals surface area contributed by atoms with Crippen molar-refractivity contribution in [3.63, 3.8) is 0 Å². The number of amides is 1. The maximum Gasteiger partial charge on any atom is 0.232 e. The van der Waals surface area contributed by atoms with E-state index in [1.807, 2.05) is 0 Å². The molecule has 2 aromatic rings. The summed E-state index contributed by atoms with van der Waals surface area (Å²) in [6.07, 6.45) is 1.71. The number of rotatable bonds is 11. The van der Waals surface area contributed by atoms with Crippen molar-refractivity contribution in [1.82, 2.24) is 5.32 Å². The maximum absolute atomic E-state index is 13.1. The number of nitrogens with zero attached hydrogens (tertiary/aromatic N) is 1. The molecule has 0 aliphatic carbocycles. The summed E-state index contributed by atoms with van der Waals surface area (Å²) in [5.74, 6) is 1.18. The van der Waals surface area contributed by atoms with Gasteiger partial charge in [-0.15, -0.1) is 0 Å². The van der Waals surface area contributed by atoms with Gasteiger partial charge in [0.1, 0.15) is 5.82 Å². The SMILES string of the molecule is Cc1ccc(CSCCNC(=O)CCCN(c2ccc(F)cc2)S(C)(=O)=O)cc1. The Kier molecular flexibility index (Phi) is 8.98. The molecule has 0 aliphatic rings. The van der Waals surface area contributed by atoms with E-state index in [1.54, 1.807) is 11.8 Å². The highest BCUT2D eigenvalue weighted by molar-refractivity contribution is 7.98. The van der Waals surface area contributed by atoms with Gasteiger partial charge >= 0.3 is 0 Å². The van der Waals surface area contributed by atoms with Gasteiger partial charge in [-0.3, -0.25) is 9.10 Å². The number of hydrogen-bond acceptors (Lipinski definition) is 4. The van der Waals surface area contributed by atoms with Crippen LogP contribution in [-0.4, -0.2) is 39.4 Å². The van der Waals surface area contributed by atoms with Crippen molar-refractivity contribution < 1.29 is 17.6 Å². The van der Waals surface area contributed by atoms with Crippen molar-refractivity contribution in [1.29, 1.82) is 0 Å². The van der Waals surface area contributed by atoms with Crippen LogP contribution in [0.4, 0.5) is 10.1 Å². The lowest BCUT2D eigenvalue weighted by molar-refractivity contribution is -0.121. The largest absolute Gasteiger partial charge is 0.355 e. The Morgan fingerprint density at radius 3 is 2.38 bits per heavy atom. The zero-order chi connectivity index (χ0) is 21.3. The molecule has 1 N–H and O–H groups in total. The molecule has 0 radical (unpaired) electrons. The Hall–Kier alpha value is -2.06. The fraction of sp³-hybridized carbons (Fsp3) is 0.381. The summed E-state index contributed by atoms with van der Waals surface area (Å²) in [5, 5.41) is 2.86. The Balaban J connectivity index is 1.68. The zero-order valence-corrected chi connectivity index (χ0v) is 18.4. The van der Waals surface area contributed by atoms with Gasteiger partial charge in [0.25, 0.3) is 0 Å². The highest BCUT2D eigenvalue weighted by Crippen LogP contribution is 2.18. The summed E-state index contributed by atoms with van der Waals surface area (Å²) >= 11 is 1.75. The quantitative estimate of drug-likeness (QED) is 0.543. The van der Waals surface area contributed by atoms with Gasteiger partial charge in [-0.2, -0.15) is 11.8 Å². The van der Waals surface area contributed by atoms with E-state index in [0.29, 0.717) is 18.7 Å². The number of anilines is 1. The number of halogens is 1. The topological polar surface area (TPSA) is 66.5 Å². The molecule has 0 atom stereocenters. The average molecular weight is 439 g/mol. The number of benzene rings is 2. The Labute approximate surface area is 176 Å². The molecule has 0 aliphatic heterocycles. The van der Waals surface area contributed by atoms with Crippen LogP contribution in [0.2, 0.25) is 0 Å². The van der Waals surface area contributed by atoms with Gasteiger partial charge in [0.2, 0.25) is 15.9 Å². The Morgan fingerprint density at radius 2 is 1.76 bits per heavy atom. The van der Waals surface area contributed by atoms with E-state index < -0.39 is 15.8 Å². The van der Waals surface area contributed by atoms with E-state index in [2.05, 4.69) is 36.5 Å². The summed E-state index contributed by atoms with van der Waals surface area (Å²) in [5.41, 5.74) is 2.88. The Morgan fingerprint density at radius 1 is 1.10 bits per heavy atom. The normalized spacial score (nSPS) is 11.3. The van der Waals surface area contributed by atoms with Gasteiger partial charge in [-0.25, -0.2) is 12.8 Å². The first kappa shape index (κ1) is 23.2. The summed E-state index contributed by atoms with van der Waals surface area (Å²) in [6.45, 7) is 2.80. The first-order valence-corrected chi connectivity index (χ1v) is 12.4. The maximum atomic E-state index is 13.1. The average Bonchev–Trinajstić information content (AvgIpc) is 2.66. The van der Waals surface area contributed by atoms with E-state index in [4.69, 9.17) is 0 Å². The molecule has 0 saturated heterocycles. The van der Waals surface area contributed by atoms with Crippen LogP contribution in [0.5, 0.6) is 0 Å². The summed E-state index contributed by atoms with van der Waals surface area (Å²) in [6, 6.07) is 13.7. The molecule has 2 aromatic carbocycles. The molecule has 0 aromatic heterocycles. The van der Waals surface area contributed by atoms with Gasteiger partial charge in [-0.05, 0) is 43.2 Å². The lowest BCUT2D eigenvalue weighted by Crippen LogP contribution is -2.32. The second-order valence-corrected chi connectivity index (χ2v) is 9.82. The minimum atomic E-state index is -3.51. The minimum absolute atomic E-state index is 0.103. The smallest absolute Gasteiger partial charge is 0.232 e. The number of carbonyl (C=O) groups excluding carboxylic acids is 1. The molecule has 158 valence electrons. The second kappa shape index (κ2) is 11.2. The summed E-state index contributed by atoms with van der Waals surface area (Å²) in [4.78, 5) is 12.0. The number of sulfonamides is 1. The molecule has 5 nitrogen and oxygen atoms in total. The zero-order valence-electron chi connectivity index (χ0n) is 16.7. The summed E-state index contributed by atoms with van der Waals surface area (Å²) in [7, 11) is -3.51. The van der Waals surface area contributed by atoms with Crippen LogP contribution >= 0.6 is 11.8 Å². The molecule has 0 unspecified atom stereocenters. The molecule has 0 heterocycles. The predicted octanol–water partition coefficient (Wildman–Crippen LogP) is 3.73. The van der Waals surface area contributed by atoms with E-state index in [9.17, 15) is 17.6 Å². The molecule has 29 heavy (non-hydrogen) atoms. The second-order valence-electron chi connectivity index (χ2n) is 6.80. The van der Waals surface area contributed by atoms with Crippen LogP contribution in [-0.2, 0) is 20.6 Å². The third-order valence-corrected chi connectivity index (χ3v) is 6.46. The van der Waals surface area contributed by atoms with Crippen molar-refractivity contribution in [2.75, 3.05) is 29.4 Å². The highest BCUT2D eigenvalue weighted by atomic mass is 32.2.